The molecule has 0 saturated heterocycles. The summed E-state index contributed by atoms with van der Waals surface area (Å²) < 4.78 is 37.9. The van der Waals surface area contributed by atoms with Gasteiger partial charge < -0.3 is 4.98 Å². The third-order valence-electron chi connectivity index (χ3n) is 1.43. The molecule has 0 atom stereocenters. The monoisotopic (exact) mass is 208 g/mol. The molecule has 1 aromatic rings. The number of halogens is 3. The third-order valence-corrected chi connectivity index (χ3v) is 1.43. The highest BCUT2D eigenvalue weighted by Crippen LogP contribution is 2.28. The van der Waals surface area contributed by atoms with Gasteiger partial charge in [-0.2, -0.15) is 0 Å². The number of nitrogens with zero attached hydrogens (tertiary/aromatic N) is 1. The summed E-state index contributed by atoms with van der Waals surface area (Å²) >= 11 is 0. The third kappa shape index (κ3) is 1.58. The van der Waals surface area contributed by atoms with Gasteiger partial charge in [0, 0.05) is 12.3 Å². The van der Waals surface area contributed by atoms with Gasteiger partial charge in [-0.25, -0.2) is 4.39 Å². The fourth-order valence-electron chi connectivity index (χ4n) is 0.776. The van der Waals surface area contributed by atoms with Crippen molar-refractivity contribution in [3.8, 4) is 0 Å². The van der Waals surface area contributed by atoms with Crippen molar-refractivity contribution in [1.82, 2.24) is 4.98 Å². The number of rotatable bonds is 2. The lowest BCUT2D eigenvalue weighted by atomic mass is 10.2. The van der Waals surface area contributed by atoms with Crippen molar-refractivity contribution in [1.29, 1.82) is 0 Å². The van der Waals surface area contributed by atoms with E-state index >= 15 is 0 Å². The number of H-pyrrole nitrogens is 1. The Morgan fingerprint density at radius 3 is 2.50 bits per heavy atom. The van der Waals surface area contributed by atoms with E-state index in [1.807, 2.05) is 0 Å². The van der Waals surface area contributed by atoms with Gasteiger partial charge in [0.2, 0.25) is 0 Å². The Balaban J connectivity index is 3.33. The van der Waals surface area contributed by atoms with E-state index in [1.165, 1.54) is 0 Å². The first-order chi connectivity index (χ1) is 6.35. The molecule has 0 radical (unpaired) electrons. The summed E-state index contributed by atoms with van der Waals surface area (Å²) in [5.41, 5.74) is -2.42. The number of pyridine rings is 1. The lowest BCUT2D eigenvalue weighted by Crippen LogP contribution is -2.27. The lowest BCUT2D eigenvalue weighted by Gasteiger charge is -2.06. The second-order valence-electron chi connectivity index (χ2n) is 2.36. The zero-order valence-electron chi connectivity index (χ0n) is 6.46. The van der Waals surface area contributed by atoms with Crippen molar-refractivity contribution in [2.24, 2.45) is 0 Å². The van der Waals surface area contributed by atoms with Gasteiger partial charge in [-0.1, -0.05) is 0 Å². The molecule has 1 heterocycles. The summed E-state index contributed by atoms with van der Waals surface area (Å²) in [5.74, 6) is -1.62. The molecule has 76 valence electrons. The minimum absolute atomic E-state index is 0.215. The number of aromatic amines is 1. The molecule has 0 amide bonds. The number of aromatic nitrogens is 1. The van der Waals surface area contributed by atoms with Gasteiger partial charge in [0.1, 0.15) is 10.7 Å². The average molecular weight is 208 g/mol. The highest BCUT2D eigenvalue weighted by atomic mass is 19.3. The molecule has 0 bridgehead atoms. The molecule has 0 unspecified atom stereocenters. The zero-order valence-corrected chi connectivity index (χ0v) is 6.46. The number of nitrogens with one attached hydrogen (secondary N) is 1. The summed E-state index contributed by atoms with van der Waals surface area (Å²) in [6, 6.07) is -4.33. The Morgan fingerprint density at radius 1 is 1.50 bits per heavy atom. The highest BCUT2D eigenvalue weighted by molar-refractivity contribution is 5.15. The molecule has 0 spiro atoms. The van der Waals surface area contributed by atoms with Gasteiger partial charge in [0.05, 0.1) is 0 Å². The highest BCUT2D eigenvalue weighted by Gasteiger charge is 2.49. The topological polar surface area (TPSA) is 76.0 Å². The molecule has 8 heteroatoms. The van der Waals surface area contributed by atoms with Crippen LogP contribution in [0.25, 0.3) is 0 Å². The predicted molar refractivity (Wildman–Crippen MR) is 37.9 cm³/mol. The SMILES string of the molecule is O=c1cc(F)c(C(F)(F)[N+](=O)[O-])c[nH]1. The van der Waals surface area contributed by atoms with Crippen molar-refractivity contribution >= 4 is 0 Å². The summed E-state index contributed by atoms with van der Waals surface area (Å²) in [6.45, 7) is 0. The van der Waals surface area contributed by atoms with E-state index in [2.05, 4.69) is 0 Å². The Morgan fingerprint density at radius 2 is 2.07 bits per heavy atom. The molecule has 14 heavy (non-hydrogen) atoms. The van der Waals surface area contributed by atoms with E-state index in [1.54, 1.807) is 4.98 Å². The Kier molecular flexibility index (Phi) is 2.28. The molecule has 0 fully saturated rings. The van der Waals surface area contributed by atoms with Gasteiger partial charge in [-0.15, -0.1) is 8.78 Å². The first-order valence-corrected chi connectivity index (χ1v) is 3.26. The van der Waals surface area contributed by atoms with Crippen LogP contribution in [-0.2, 0) is 6.05 Å². The van der Waals surface area contributed by atoms with Crippen molar-refractivity contribution < 1.29 is 18.1 Å². The fourth-order valence-corrected chi connectivity index (χ4v) is 0.776. The molecule has 1 aromatic heterocycles. The van der Waals surface area contributed by atoms with E-state index in [-0.39, 0.29) is 12.3 Å². The maximum atomic E-state index is 12.7. The van der Waals surface area contributed by atoms with Crippen LogP contribution in [0.5, 0.6) is 0 Å². The van der Waals surface area contributed by atoms with Crippen molar-refractivity contribution in [3.05, 3.63) is 44.1 Å². The summed E-state index contributed by atoms with van der Waals surface area (Å²) in [6.07, 6.45) is 0.278. The van der Waals surface area contributed by atoms with Crippen LogP contribution >= 0.6 is 0 Å². The smallest absolute Gasteiger partial charge is 0.328 e. The molecule has 0 aromatic carbocycles. The lowest BCUT2D eigenvalue weighted by molar-refractivity contribution is -0.656. The van der Waals surface area contributed by atoms with Gasteiger partial charge in [0.15, 0.2) is 5.56 Å². The normalized spacial score (nSPS) is 11.4. The Bertz CT molecular complexity index is 429. The van der Waals surface area contributed by atoms with Gasteiger partial charge >= 0.3 is 6.05 Å². The number of alkyl halides is 2. The van der Waals surface area contributed by atoms with Crippen LogP contribution in [0.4, 0.5) is 13.2 Å². The standard InChI is InChI=1S/C6H3F3N2O3/c7-4-1-5(12)10-2-3(4)6(8,9)11(13)14/h1-2H,(H,10,12). The summed E-state index contributed by atoms with van der Waals surface area (Å²) in [4.78, 5) is 20.1. The molecule has 1 rings (SSSR count). The summed E-state index contributed by atoms with van der Waals surface area (Å²) in [7, 11) is 0. The minimum Gasteiger partial charge on any atom is -0.328 e. The second-order valence-corrected chi connectivity index (χ2v) is 2.36. The first kappa shape index (κ1) is 10.2. The molecule has 0 aliphatic rings. The molecule has 0 saturated carbocycles. The van der Waals surface area contributed by atoms with Crippen LogP contribution in [0.3, 0.4) is 0 Å². The van der Waals surface area contributed by atoms with E-state index in [4.69, 9.17) is 0 Å². The van der Waals surface area contributed by atoms with Crippen LogP contribution in [0, 0.1) is 15.9 Å². The number of hydrogen-bond donors (Lipinski definition) is 1. The largest absolute Gasteiger partial charge is 0.543 e. The second kappa shape index (κ2) is 3.13. The van der Waals surface area contributed by atoms with Crippen molar-refractivity contribution in [2.45, 2.75) is 6.05 Å². The molecule has 5 nitrogen and oxygen atoms in total. The maximum Gasteiger partial charge on any atom is 0.543 e. The van der Waals surface area contributed by atoms with Crippen LogP contribution in [0.2, 0.25) is 0 Å². The van der Waals surface area contributed by atoms with Crippen LogP contribution in [0.1, 0.15) is 5.56 Å². The fraction of sp³-hybridized carbons (Fsp3) is 0.167. The number of nitro groups is 1. The Hall–Kier alpha value is -1.86. The van der Waals surface area contributed by atoms with E-state index in [9.17, 15) is 28.1 Å². The zero-order chi connectivity index (χ0) is 10.9. The molecule has 1 N–H and O–H groups in total. The average Bonchev–Trinajstić information content (AvgIpc) is 2.02. The predicted octanol–water partition coefficient (Wildman–Crippen LogP) is 0.840. The van der Waals surface area contributed by atoms with Crippen LogP contribution in [0.15, 0.2) is 17.1 Å². The van der Waals surface area contributed by atoms with Crippen LogP contribution < -0.4 is 5.56 Å². The maximum absolute atomic E-state index is 12.7. The molecule has 0 aliphatic carbocycles. The van der Waals surface area contributed by atoms with Crippen molar-refractivity contribution in [2.75, 3.05) is 0 Å². The van der Waals surface area contributed by atoms with E-state index in [0.29, 0.717) is 0 Å². The van der Waals surface area contributed by atoms with E-state index < -0.39 is 27.9 Å². The minimum atomic E-state index is -4.55. The first-order valence-electron chi connectivity index (χ1n) is 3.26. The van der Waals surface area contributed by atoms with Gasteiger partial charge in [-0.3, -0.25) is 14.9 Å². The number of hydrogen-bond acceptors (Lipinski definition) is 3. The van der Waals surface area contributed by atoms with Crippen LogP contribution in [-0.4, -0.2) is 9.91 Å². The molecule has 0 aliphatic heterocycles. The molecular weight excluding hydrogens is 205 g/mol. The molecular formula is C6H3F3N2O3. The van der Waals surface area contributed by atoms with Gasteiger partial charge in [0.25, 0.3) is 5.56 Å². The Labute approximate surface area is 74.3 Å². The summed E-state index contributed by atoms with van der Waals surface area (Å²) in [5, 5.41) is 9.86. The van der Waals surface area contributed by atoms with E-state index in [0.717, 1.165) is 0 Å². The van der Waals surface area contributed by atoms with Crippen molar-refractivity contribution in [3.63, 3.8) is 0 Å². The van der Waals surface area contributed by atoms with Gasteiger partial charge in [-0.05, 0) is 0 Å². The quantitative estimate of drug-likeness (QED) is 0.444.